The van der Waals surface area contributed by atoms with E-state index in [2.05, 4.69) is 15.6 Å². The molecule has 2 N–H and O–H groups in total. The maximum atomic E-state index is 15.4. The quantitative estimate of drug-likeness (QED) is 0.0210. The molecule has 8 aromatic rings. The molecule has 0 aliphatic carbocycles. The van der Waals surface area contributed by atoms with E-state index in [0.29, 0.717) is 39.6 Å². The first-order chi connectivity index (χ1) is 37.9. The van der Waals surface area contributed by atoms with Gasteiger partial charge >= 0.3 is 11.9 Å². The molecular weight excluding hydrogens is 1040 g/mol. The predicted molar refractivity (Wildman–Crippen MR) is 302 cm³/mol. The smallest absolute Gasteiger partial charge is 0.358 e. The van der Waals surface area contributed by atoms with Crippen LogP contribution in [-0.4, -0.2) is 63.2 Å². The first-order valence-electron chi connectivity index (χ1n) is 25.2. The second-order valence-corrected chi connectivity index (χ2v) is 22.2. The van der Waals surface area contributed by atoms with E-state index in [-0.39, 0.29) is 21.4 Å². The number of ether oxygens (including phenoxy) is 2. The minimum absolute atomic E-state index is 0.00915. The number of pyridine rings is 1. The van der Waals surface area contributed by atoms with E-state index in [1.54, 1.807) is 45.3 Å². The lowest BCUT2D eigenvalue weighted by atomic mass is 9.77. The molecule has 6 aromatic carbocycles. The topological polar surface area (TPSA) is 161 Å². The van der Waals surface area contributed by atoms with Crippen LogP contribution >= 0.6 is 34.7 Å². The van der Waals surface area contributed by atoms with Crippen molar-refractivity contribution in [1.29, 1.82) is 0 Å². The molecule has 0 radical (unpaired) electrons. The van der Waals surface area contributed by atoms with Gasteiger partial charge < -0.3 is 24.9 Å². The molecule has 2 aliphatic rings. The van der Waals surface area contributed by atoms with Crippen LogP contribution in [0.4, 0.5) is 5.13 Å². The summed E-state index contributed by atoms with van der Waals surface area (Å²) in [6.45, 7) is 4.39. The average Bonchev–Trinajstić information content (AvgIpc) is 3.94. The third-order valence-corrected chi connectivity index (χ3v) is 15.8. The summed E-state index contributed by atoms with van der Waals surface area (Å²) in [4.78, 5) is 75.7. The van der Waals surface area contributed by atoms with Gasteiger partial charge in [-0.05, 0) is 62.4 Å². The molecule has 1 saturated heterocycles. The van der Waals surface area contributed by atoms with Crippen molar-refractivity contribution >= 4 is 69.3 Å². The van der Waals surface area contributed by atoms with Crippen molar-refractivity contribution in [3.63, 3.8) is 0 Å². The lowest BCUT2D eigenvalue weighted by molar-refractivity contribution is -0.174. The van der Waals surface area contributed by atoms with Gasteiger partial charge in [0.1, 0.15) is 27.3 Å². The van der Waals surface area contributed by atoms with Gasteiger partial charge in [-0.3, -0.25) is 24.3 Å². The standard InChI is InChI=1S/C62H53ClN6O7S2/c1-60(2,3)58(73)75-40-74-57(72)53-49(77-47-36-38-64-39-37-47)35-34-48-50(56(71)69(48)53)65-55(70)52(68-76-62(44-28-16-7-17-29-44,45-30-18-8-19-31-45)46-32-20-9-21-33-46)51-54(63)78-59(66-51)67-61(41-22-10-4-11-23-41,42-24-12-5-13-25-42)43-26-14-6-15-27-43/h4-33,36-39,48,50H,34-35,40H2,1-3H3,(H,65,70)(H,66,67)/t48-,50+/m1/s1. The Labute approximate surface area is 465 Å². The first-order valence-corrected chi connectivity index (χ1v) is 27.2. The number of benzene rings is 6. The van der Waals surface area contributed by atoms with E-state index in [1.807, 2.05) is 182 Å². The number of anilines is 1. The van der Waals surface area contributed by atoms with E-state index in [9.17, 15) is 14.4 Å². The van der Waals surface area contributed by atoms with Crippen molar-refractivity contribution in [3.05, 3.63) is 261 Å². The Morgan fingerprint density at radius 2 is 1.17 bits per heavy atom. The molecule has 392 valence electrons. The Kier molecular flexibility index (Phi) is 15.7. The minimum Gasteiger partial charge on any atom is -0.427 e. The average molecular weight is 1090 g/mol. The zero-order valence-corrected chi connectivity index (χ0v) is 45.1. The second kappa shape index (κ2) is 23.1. The summed E-state index contributed by atoms with van der Waals surface area (Å²) < 4.78 is 10.9. The molecule has 13 nitrogen and oxygen atoms in total. The summed E-state index contributed by atoms with van der Waals surface area (Å²) in [6.07, 6.45) is 3.97. The molecule has 0 unspecified atom stereocenters. The maximum absolute atomic E-state index is 15.4. The van der Waals surface area contributed by atoms with Crippen LogP contribution in [0.15, 0.2) is 227 Å². The van der Waals surface area contributed by atoms with Crippen LogP contribution in [0.5, 0.6) is 0 Å². The van der Waals surface area contributed by atoms with Gasteiger partial charge in [0, 0.05) is 38.9 Å². The minimum atomic E-state index is -1.43. The van der Waals surface area contributed by atoms with Crippen molar-refractivity contribution in [1.82, 2.24) is 20.2 Å². The number of aromatic nitrogens is 2. The highest BCUT2D eigenvalue weighted by atomic mass is 35.5. The maximum Gasteiger partial charge on any atom is 0.358 e. The largest absolute Gasteiger partial charge is 0.427 e. The molecule has 0 saturated carbocycles. The number of amides is 2. The van der Waals surface area contributed by atoms with Crippen molar-refractivity contribution < 1.29 is 33.5 Å². The Hall–Kier alpha value is -8.37. The number of nitrogens with one attached hydrogen (secondary N) is 2. The van der Waals surface area contributed by atoms with Crippen LogP contribution in [0.1, 0.15) is 72.7 Å². The van der Waals surface area contributed by atoms with Gasteiger partial charge in [-0.2, -0.15) is 0 Å². The van der Waals surface area contributed by atoms with Crippen LogP contribution in [0.3, 0.4) is 0 Å². The fourth-order valence-electron chi connectivity index (χ4n) is 9.72. The number of carbonyl (C=O) groups excluding carboxylic acids is 4. The number of esters is 2. The number of hydrogen-bond acceptors (Lipinski definition) is 13. The monoisotopic (exact) mass is 1090 g/mol. The third kappa shape index (κ3) is 10.7. The Bertz CT molecular complexity index is 3280. The first kappa shape index (κ1) is 53.0. The third-order valence-electron chi connectivity index (χ3n) is 13.5. The molecule has 0 spiro atoms. The zero-order valence-electron chi connectivity index (χ0n) is 42.7. The molecule has 4 heterocycles. The molecular formula is C62H53ClN6O7S2. The van der Waals surface area contributed by atoms with Crippen molar-refractivity contribution in [2.75, 3.05) is 12.1 Å². The summed E-state index contributed by atoms with van der Waals surface area (Å²) in [5, 5.41) is 11.9. The number of nitrogens with zero attached hydrogens (tertiary/aromatic N) is 4. The lowest BCUT2D eigenvalue weighted by Crippen LogP contribution is -2.72. The highest BCUT2D eigenvalue weighted by molar-refractivity contribution is 8.03. The molecule has 16 heteroatoms. The fourth-order valence-corrected chi connectivity index (χ4v) is 11.9. The van der Waals surface area contributed by atoms with E-state index in [1.165, 1.54) is 16.7 Å². The molecule has 2 aliphatic heterocycles. The SMILES string of the molecule is CC(C)(C)C(=O)OCOC(=O)C1=C(Sc2ccncc2)CC[C@@H]2[C@H](NC(=O)C(=NOC(c3ccccc3)(c3ccccc3)c3ccccc3)c3nc(NC(c4ccccc4)(c4ccccc4)c4ccccc4)sc3Cl)C(=O)N12. The number of oxime groups is 1. The number of β-lactam (4-membered cyclic amide) rings is 1. The lowest BCUT2D eigenvalue weighted by Gasteiger charge is -2.50. The molecule has 2 aromatic heterocycles. The van der Waals surface area contributed by atoms with E-state index in [4.69, 9.17) is 36.1 Å². The van der Waals surface area contributed by atoms with Crippen molar-refractivity contribution in [2.45, 2.75) is 61.7 Å². The Morgan fingerprint density at radius 1 is 0.692 bits per heavy atom. The van der Waals surface area contributed by atoms with Gasteiger partial charge in [0.05, 0.1) is 11.5 Å². The van der Waals surface area contributed by atoms with Gasteiger partial charge in [-0.1, -0.05) is 222 Å². The van der Waals surface area contributed by atoms with Crippen molar-refractivity contribution in [2.24, 2.45) is 10.6 Å². The molecule has 0 bridgehead atoms. The van der Waals surface area contributed by atoms with Crippen LogP contribution in [-0.2, 0) is 44.6 Å². The number of carbonyl (C=O) groups is 4. The van der Waals surface area contributed by atoms with Gasteiger partial charge in [0.15, 0.2) is 10.8 Å². The molecule has 2 atom stereocenters. The summed E-state index contributed by atoms with van der Waals surface area (Å²) in [5.74, 6) is -2.81. The Morgan fingerprint density at radius 3 is 1.64 bits per heavy atom. The number of thioether (sulfide) groups is 1. The summed E-state index contributed by atoms with van der Waals surface area (Å²) in [6, 6.07) is 60.5. The van der Waals surface area contributed by atoms with E-state index >= 15 is 4.79 Å². The molecule has 78 heavy (non-hydrogen) atoms. The van der Waals surface area contributed by atoms with Crippen LogP contribution in [0.25, 0.3) is 0 Å². The second-order valence-electron chi connectivity index (χ2n) is 19.5. The fraction of sp³-hybridized carbons (Fsp3) is 0.177. The van der Waals surface area contributed by atoms with Crippen molar-refractivity contribution in [3.8, 4) is 0 Å². The zero-order chi connectivity index (χ0) is 54.3. The molecule has 2 amide bonds. The molecule has 1 fully saturated rings. The number of hydrogen-bond donors (Lipinski definition) is 2. The highest BCUT2D eigenvalue weighted by Gasteiger charge is 2.54. The summed E-state index contributed by atoms with van der Waals surface area (Å²) in [7, 11) is 0. The van der Waals surface area contributed by atoms with Crippen LogP contribution in [0, 0.1) is 5.41 Å². The summed E-state index contributed by atoms with van der Waals surface area (Å²) >= 11 is 9.75. The summed E-state index contributed by atoms with van der Waals surface area (Å²) in [5.41, 5.74) is 1.24. The molecule has 10 rings (SSSR count). The normalized spacial score (nSPS) is 15.6. The predicted octanol–water partition coefficient (Wildman–Crippen LogP) is 11.9. The van der Waals surface area contributed by atoms with E-state index in [0.717, 1.165) is 32.9 Å². The Balaban J connectivity index is 1.06. The van der Waals surface area contributed by atoms with Crippen LogP contribution < -0.4 is 10.6 Å². The van der Waals surface area contributed by atoms with Gasteiger partial charge in [-0.15, -0.1) is 0 Å². The number of rotatable bonds is 18. The number of thiazole rings is 1. The number of allylic oxidation sites excluding steroid dienone is 1. The van der Waals surface area contributed by atoms with Gasteiger partial charge in [0.2, 0.25) is 12.4 Å². The van der Waals surface area contributed by atoms with Crippen LogP contribution in [0.2, 0.25) is 4.34 Å². The van der Waals surface area contributed by atoms with E-state index < -0.39 is 59.2 Å². The van der Waals surface area contributed by atoms with Gasteiger partial charge in [0.25, 0.3) is 11.8 Å². The number of fused-ring (bicyclic) bond motifs is 1. The number of halogens is 1. The highest BCUT2D eigenvalue weighted by Crippen LogP contribution is 2.46. The van der Waals surface area contributed by atoms with Gasteiger partial charge in [-0.25, -0.2) is 9.78 Å².